The highest BCUT2D eigenvalue weighted by Crippen LogP contribution is 2.39. The molecule has 20 heavy (non-hydrogen) atoms. The summed E-state index contributed by atoms with van der Waals surface area (Å²) in [4.78, 5) is 23.4. The van der Waals surface area contributed by atoms with E-state index in [1.807, 2.05) is 12.1 Å². The number of rotatable bonds is 1. The van der Waals surface area contributed by atoms with Crippen molar-refractivity contribution in [1.82, 2.24) is 0 Å². The highest BCUT2D eigenvalue weighted by molar-refractivity contribution is 6.50. The lowest BCUT2D eigenvalue weighted by Gasteiger charge is -2.14. The van der Waals surface area contributed by atoms with Crippen molar-refractivity contribution in [1.29, 1.82) is 0 Å². The number of aryl methyl sites for hydroxylation is 1. The van der Waals surface area contributed by atoms with Gasteiger partial charge in [0.2, 0.25) is 11.6 Å². The third-order valence-corrected chi connectivity index (χ3v) is 3.51. The van der Waals surface area contributed by atoms with E-state index in [9.17, 15) is 14.7 Å². The van der Waals surface area contributed by atoms with Crippen LogP contribution in [0, 0.1) is 6.92 Å². The second-order valence-electron chi connectivity index (χ2n) is 4.76. The molecule has 0 aromatic heterocycles. The second-order valence-corrected chi connectivity index (χ2v) is 4.76. The molecule has 0 bridgehead atoms. The Morgan fingerprint density at radius 3 is 2.55 bits per heavy atom. The number of aromatic hydroxyl groups is 1. The molecule has 1 aliphatic carbocycles. The van der Waals surface area contributed by atoms with Gasteiger partial charge < -0.3 is 9.84 Å². The summed E-state index contributed by atoms with van der Waals surface area (Å²) in [7, 11) is 1.46. The van der Waals surface area contributed by atoms with Crippen LogP contribution >= 0.6 is 0 Å². The smallest absolute Gasteiger partial charge is 0.233 e. The number of carbonyl (C=O) groups excluding carboxylic acids is 2. The SMILES string of the molecule is COc1c(O)c(C)cc2cc3c(cc12)C(=O)C(=O)C=C3. The van der Waals surface area contributed by atoms with Crippen molar-refractivity contribution in [3.63, 3.8) is 0 Å². The fourth-order valence-corrected chi connectivity index (χ4v) is 2.47. The molecule has 2 aromatic rings. The number of phenols is 1. The number of allylic oxidation sites excluding steroid dienone is 1. The lowest BCUT2D eigenvalue weighted by Crippen LogP contribution is -2.16. The Bertz CT molecular complexity index is 800. The van der Waals surface area contributed by atoms with Crippen LogP contribution in [0.3, 0.4) is 0 Å². The molecular formula is C16H12O4. The minimum atomic E-state index is -0.536. The number of ether oxygens (including phenoxy) is 1. The minimum absolute atomic E-state index is 0.0464. The first-order valence-electron chi connectivity index (χ1n) is 6.14. The van der Waals surface area contributed by atoms with Gasteiger partial charge in [-0.05, 0) is 47.7 Å². The summed E-state index contributed by atoms with van der Waals surface area (Å²) < 4.78 is 5.23. The van der Waals surface area contributed by atoms with Crippen molar-refractivity contribution in [2.45, 2.75) is 6.92 Å². The molecule has 100 valence electrons. The zero-order chi connectivity index (χ0) is 14.4. The van der Waals surface area contributed by atoms with E-state index in [1.165, 1.54) is 13.2 Å². The molecule has 0 unspecified atom stereocenters. The zero-order valence-electron chi connectivity index (χ0n) is 11.1. The summed E-state index contributed by atoms with van der Waals surface area (Å²) >= 11 is 0. The number of carbonyl (C=O) groups is 2. The molecule has 0 aliphatic heterocycles. The standard InChI is InChI=1S/C16H12O4/c1-8-5-10-6-9-3-4-13(17)15(19)11(9)7-12(10)16(20-2)14(8)18/h3-7,18H,1-2H3. The molecule has 4 nitrogen and oxygen atoms in total. The van der Waals surface area contributed by atoms with Crippen LogP contribution in [-0.2, 0) is 4.79 Å². The number of phenolic OH excluding ortho intramolecular Hbond substituents is 1. The van der Waals surface area contributed by atoms with Crippen LogP contribution in [0.4, 0.5) is 0 Å². The van der Waals surface area contributed by atoms with Gasteiger partial charge in [-0.15, -0.1) is 0 Å². The molecule has 0 atom stereocenters. The van der Waals surface area contributed by atoms with Crippen LogP contribution < -0.4 is 4.74 Å². The van der Waals surface area contributed by atoms with Crippen LogP contribution in [0.5, 0.6) is 11.5 Å². The first-order valence-corrected chi connectivity index (χ1v) is 6.14. The van der Waals surface area contributed by atoms with Crippen molar-refractivity contribution < 1.29 is 19.4 Å². The fraction of sp³-hybridized carbons (Fsp3) is 0.125. The first-order chi connectivity index (χ1) is 9.52. The number of ketones is 2. The van der Waals surface area contributed by atoms with Gasteiger partial charge in [0.15, 0.2) is 11.5 Å². The van der Waals surface area contributed by atoms with E-state index < -0.39 is 11.6 Å². The Morgan fingerprint density at radius 2 is 1.85 bits per heavy atom. The van der Waals surface area contributed by atoms with Crippen LogP contribution in [0.15, 0.2) is 24.3 Å². The number of benzene rings is 2. The van der Waals surface area contributed by atoms with Crippen LogP contribution in [0.2, 0.25) is 0 Å². The van der Waals surface area contributed by atoms with Gasteiger partial charge in [0.25, 0.3) is 0 Å². The van der Waals surface area contributed by atoms with Gasteiger partial charge in [-0.1, -0.05) is 6.08 Å². The summed E-state index contributed by atoms with van der Waals surface area (Å²) in [6, 6.07) is 5.25. The molecule has 4 heteroatoms. The molecule has 1 N–H and O–H groups in total. The summed E-state index contributed by atoms with van der Waals surface area (Å²) in [5, 5.41) is 11.5. The van der Waals surface area contributed by atoms with E-state index in [4.69, 9.17) is 4.74 Å². The van der Waals surface area contributed by atoms with Crippen molar-refractivity contribution in [3.8, 4) is 11.5 Å². The van der Waals surface area contributed by atoms with Gasteiger partial charge in [0.05, 0.1) is 7.11 Å². The van der Waals surface area contributed by atoms with E-state index in [-0.39, 0.29) is 5.75 Å². The average Bonchev–Trinajstić information content (AvgIpc) is 2.43. The molecule has 0 fully saturated rings. The van der Waals surface area contributed by atoms with Gasteiger partial charge in [-0.25, -0.2) is 0 Å². The molecule has 0 heterocycles. The predicted molar refractivity (Wildman–Crippen MR) is 75.3 cm³/mol. The van der Waals surface area contributed by atoms with E-state index >= 15 is 0 Å². The average molecular weight is 268 g/mol. The van der Waals surface area contributed by atoms with Crippen molar-refractivity contribution in [2.24, 2.45) is 0 Å². The van der Waals surface area contributed by atoms with Crippen LogP contribution in [0.1, 0.15) is 21.5 Å². The quantitative estimate of drug-likeness (QED) is 0.807. The Labute approximate surface area is 115 Å². The summed E-state index contributed by atoms with van der Waals surface area (Å²) in [6.45, 7) is 1.78. The summed E-state index contributed by atoms with van der Waals surface area (Å²) in [6.07, 6.45) is 2.91. The Hall–Kier alpha value is -2.62. The van der Waals surface area contributed by atoms with E-state index in [1.54, 1.807) is 19.1 Å². The van der Waals surface area contributed by atoms with Crippen molar-refractivity contribution in [3.05, 3.63) is 41.0 Å². The van der Waals surface area contributed by atoms with Gasteiger partial charge >= 0.3 is 0 Å². The van der Waals surface area contributed by atoms with E-state index in [2.05, 4.69) is 0 Å². The third-order valence-electron chi connectivity index (χ3n) is 3.51. The maximum atomic E-state index is 11.9. The van der Waals surface area contributed by atoms with Crippen LogP contribution in [0.25, 0.3) is 16.8 Å². The molecule has 1 aliphatic rings. The second kappa shape index (κ2) is 4.20. The predicted octanol–water partition coefficient (Wildman–Crippen LogP) is 2.64. The Balaban J connectivity index is 2.41. The number of methoxy groups -OCH3 is 1. The van der Waals surface area contributed by atoms with Gasteiger partial charge in [-0.3, -0.25) is 9.59 Å². The number of hydrogen-bond donors (Lipinski definition) is 1. The van der Waals surface area contributed by atoms with Crippen molar-refractivity contribution >= 4 is 28.4 Å². The molecule has 0 saturated carbocycles. The van der Waals surface area contributed by atoms with E-state index in [0.29, 0.717) is 27.8 Å². The molecule has 3 rings (SSSR count). The summed E-state index contributed by atoms with van der Waals surface area (Å²) in [5.41, 5.74) is 1.73. The van der Waals surface area contributed by atoms with Crippen molar-refractivity contribution in [2.75, 3.05) is 7.11 Å². The number of hydrogen-bond acceptors (Lipinski definition) is 4. The van der Waals surface area contributed by atoms with Gasteiger partial charge in [0, 0.05) is 10.9 Å². The normalized spacial score (nSPS) is 13.7. The lowest BCUT2D eigenvalue weighted by atomic mass is 9.91. The highest BCUT2D eigenvalue weighted by atomic mass is 16.5. The molecule has 2 aromatic carbocycles. The minimum Gasteiger partial charge on any atom is -0.504 e. The largest absolute Gasteiger partial charge is 0.504 e. The molecule has 0 radical (unpaired) electrons. The topological polar surface area (TPSA) is 63.6 Å². The zero-order valence-corrected chi connectivity index (χ0v) is 11.1. The third kappa shape index (κ3) is 1.61. The maximum absolute atomic E-state index is 11.9. The Kier molecular flexibility index (Phi) is 2.61. The molecule has 0 amide bonds. The Morgan fingerprint density at radius 1 is 1.10 bits per heavy atom. The first kappa shape index (κ1) is 12.4. The van der Waals surface area contributed by atoms with Gasteiger partial charge in [-0.2, -0.15) is 0 Å². The molecule has 0 saturated heterocycles. The lowest BCUT2D eigenvalue weighted by molar-refractivity contribution is -0.110. The number of Topliss-reactive ketones (excluding diaryl/α,β-unsaturated/α-hetero) is 1. The molecular weight excluding hydrogens is 256 g/mol. The monoisotopic (exact) mass is 268 g/mol. The summed E-state index contributed by atoms with van der Waals surface area (Å²) in [5.74, 6) is -0.707. The maximum Gasteiger partial charge on any atom is 0.233 e. The highest BCUT2D eigenvalue weighted by Gasteiger charge is 2.23. The van der Waals surface area contributed by atoms with Crippen LogP contribution in [-0.4, -0.2) is 23.8 Å². The fourth-order valence-electron chi connectivity index (χ4n) is 2.47. The van der Waals surface area contributed by atoms with Gasteiger partial charge in [0.1, 0.15) is 0 Å². The number of fused-ring (bicyclic) bond motifs is 2. The molecule has 0 spiro atoms. The van der Waals surface area contributed by atoms with E-state index in [0.717, 1.165) is 5.39 Å².